The van der Waals surface area contributed by atoms with Crippen molar-refractivity contribution < 1.29 is 24.2 Å². The molecule has 1 amide bonds. The molecule has 7 heteroatoms. The van der Waals surface area contributed by atoms with Crippen molar-refractivity contribution in [2.45, 2.75) is 19.8 Å². The molecule has 29 heavy (non-hydrogen) atoms. The van der Waals surface area contributed by atoms with Gasteiger partial charge in [-0.25, -0.2) is 4.79 Å². The monoisotopic (exact) mass is 396 g/mol. The fourth-order valence-electron chi connectivity index (χ4n) is 3.10. The van der Waals surface area contributed by atoms with E-state index in [1.54, 1.807) is 25.1 Å². The van der Waals surface area contributed by atoms with Gasteiger partial charge in [0.25, 0.3) is 5.91 Å². The van der Waals surface area contributed by atoms with Crippen LogP contribution in [0.25, 0.3) is 10.9 Å². The van der Waals surface area contributed by atoms with Gasteiger partial charge in [0.1, 0.15) is 0 Å². The van der Waals surface area contributed by atoms with Crippen LogP contribution in [-0.2, 0) is 11.2 Å². The Morgan fingerprint density at radius 2 is 1.93 bits per heavy atom. The zero-order valence-corrected chi connectivity index (χ0v) is 16.2. The highest BCUT2D eigenvalue weighted by atomic mass is 16.5. The van der Waals surface area contributed by atoms with Crippen molar-refractivity contribution >= 4 is 22.8 Å². The van der Waals surface area contributed by atoms with E-state index in [2.05, 4.69) is 16.4 Å². The lowest BCUT2D eigenvalue weighted by molar-refractivity contribution is -0.139. The first-order chi connectivity index (χ1) is 14.1. The molecule has 7 nitrogen and oxygen atoms in total. The maximum atomic E-state index is 12.4. The van der Waals surface area contributed by atoms with Crippen molar-refractivity contribution in [3.63, 3.8) is 0 Å². The van der Waals surface area contributed by atoms with Crippen LogP contribution in [0.2, 0.25) is 0 Å². The molecule has 1 aromatic heterocycles. The number of para-hydroxylation sites is 1. The van der Waals surface area contributed by atoms with Crippen LogP contribution in [0.3, 0.4) is 0 Å². The summed E-state index contributed by atoms with van der Waals surface area (Å²) in [6.45, 7) is 2.25. The van der Waals surface area contributed by atoms with Gasteiger partial charge in [0.05, 0.1) is 6.61 Å². The maximum absolute atomic E-state index is 12.4. The largest absolute Gasteiger partial charge is 0.490 e. The second-order valence-electron chi connectivity index (χ2n) is 6.50. The Kier molecular flexibility index (Phi) is 6.73. The quantitative estimate of drug-likeness (QED) is 0.456. The van der Waals surface area contributed by atoms with Crippen LogP contribution in [0.4, 0.5) is 0 Å². The van der Waals surface area contributed by atoms with Gasteiger partial charge in [0, 0.05) is 29.2 Å². The first-order valence-electron chi connectivity index (χ1n) is 9.53. The van der Waals surface area contributed by atoms with Crippen LogP contribution >= 0.6 is 0 Å². The molecule has 0 aliphatic heterocycles. The Hall–Kier alpha value is -3.48. The van der Waals surface area contributed by atoms with Crippen LogP contribution in [0, 0.1) is 0 Å². The molecular formula is C22H24N2O5. The molecule has 0 bridgehead atoms. The summed E-state index contributed by atoms with van der Waals surface area (Å²) in [4.78, 5) is 26.4. The van der Waals surface area contributed by atoms with Gasteiger partial charge >= 0.3 is 5.97 Å². The van der Waals surface area contributed by atoms with Gasteiger partial charge in [-0.1, -0.05) is 18.2 Å². The predicted molar refractivity (Wildman–Crippen MR) is 110 cm³/mol. The zero-order chi connectivity index (χ0) is 20.6. The highest BCUT2D eigenvalue weighted by Gasteiger charge is 2.12. The number of rotatable bonds is 10. The molecule has 3 rings (SSSR count). The van der Waals surface area contributed by atoms with Gasteiger partial charge in [0.2, 0.25) is 0 Å². The van der Waals surface area contributed by atoms with Crippen LogP contribution in [0.5, 0.6) is 11.5 Å². The fraction of sp³-hybridized carbons (Fsp3) is 0.273. The molecule has 0 spiro atoms. The zero-order valence-electron chi connectivity index (χ0n) is 16.2. The summed E-state index contributed by atoms with van der Waals surface area (Å²) in [5.41, 5.74) is 2.77. The lowest BCUT2D eigenvalue weighted by Gasteiger charge is -2.12. The van der Waals surface area contributed by atoms with E-state index in [4.69, 9.17) is 14.6 Å². The number of carboxylic acid groups (broad SMARTS) is 1. The molecule has 0 saturated heterocycles. The number of hydrogen-bond acceptors (Lipinski definition) is 4. The minimum atomic E-state index is -1.08. The van der Waals surface area contributed by atoms with Crippen molar-refractivity contribution in [1.82, 2.24) is 10.3 Å². The second-order valence-corrected chi connectivity index (χ2v) is 6.50. The topological polar surface area (TPSA) is 101 Å². The van der Waals surface area contributed by atoms with Crippen molar-refractivity contribution in [3.8, 4) is 11.5 Å². The average molecular weight is 396 g/mol. The standard InChI is InChI=1S/C22H24N2O5/c1-2-28-20-12-15(9-10-19(20)29-14-21(25)26)22(27)23-11-5-6-16-13-24-18-8-4-3-7-17(16)18/h3-4,7-10,12-13,24H,2,5-6,11,14H2,1H3,(H,23,27)(H,25,26). The third-order valence-corrected chi connectivity index (χ3v) is 4.44. The summed E-state index contributed by atoms with van der Waals surface area (Å²) in [5, 5.41) is 12.9. The highest BCUT2D eigenvalue weighted by Crippen LogP contribution is 2.28. The van der Waals surface area contributed by atoms with E-state index in [0.717, 1.165) is 18.4 Å². The Bertz CT molecular complexity index is 996. The molecule has 0 aliphatic carbocycles. The number of H-pyrrole nitrogens is 1. The van der Waals surface area contributed by atoms with Crippen LogP contribution in [0.1, 0.15) is 29.3 Å². The molecule has 0 fully saturated rings. The number of ether oxygens (including phenoxy) is 2. The Morgan fingerprint density at radius 1 is 1.10 bits per heavy atom. The summed E-state index contributed by atoms with van der Waals surface area (Å²) < 4.78 is 10.7. The van der Waals surface area contributed by atoms with E-state index < -0.39 is 12.6 Å². The third kappa shape index (κ3) is 5.28. The van der Waals surface area contributed by atoms with Crippen LogP contribution in [-0.4, -0.2) is 41.7 Å². The predicted octanol–water partition coefficient (Wildman–Crippen LogP) is 3.39. The van der Waals surface area contributed by atoms with Crippen LogP contribution < -0.4 is 14.8 Å². The molecule has 3 N–H and O–H groups in total. The first kappa shape index (κ1) is 20.3. The van der Waals surface area contributed by atoms with Crippen LogP contribution in [0.15, 0.2) is 48.7 Å². The van der Waals surface area contributed by atoms with Crippen molar-refractivity contribution in [2.75, 3.05) is 19.8 Å². The summed E-state index contributed by atoms with van der Waals surface area (Å²) in [6, 6.07) is 12.8. The molecule has 2 aromatic carbocycles. The van der Waals surface area contributed by atoms with E-state index in [9.17, 15) is 9.59 Å². The number of aromatic nitrogens is 1. The minimum absolute atomic E-state index is 0.213. The first-order valence-corrected chi connectivity index (χ1v) is 9.53. The normalized spacial score (nSPS) is 10.7. The number of aryl methyl sites for hydroxylation is 1. The summed E-state index contributed by atoms with van der Waals surface area (Å²) >= 11 is 0. The Labute approximate surface area is 168 Å². The van der Waals surface area contributed by atoms with Crippen molar-refractivity contribution in [1.29, 1.82) is 0 Å². The van der Waals surface area contributed by atoms with E-state index in [0.29, 0.717) is 30.2 Å². The maximum Gasteiger partial charge on any atom is 0.341 e. The summed E-state index contributed by atoms with van der Waals surface area (Å²) in [7, 11) is 0. The van der Waals surface area contributed by atoms with Gasteiger partial charge in [0.15, 0.2) is 18.1 Å². The van der Waals surface area contributed by atoms with Crippen molar-refractivity contribution in [3.05, 3.63) is 59.8 Å². The van der Waals surface area contributed by atoms with Gasteiger partial charge in [-0.2, -0.15) is 0 Å². The Balaban J connectivity index is 1.55. The van der Waals surface area contributed by atoms with E-state index >= 15 is 0 Å². The number of aliphatic carboxylic acids is 1. The molecule has 0 unspecified atom stereocenters. The average Bonchev–Trinajstić information content (AvgIpc) is 3.13. The number of carbonyl (C=O) groups excluding carboxylic acids is 1. The third-order valence-electron chi connectivity index (χ3n) is 4.44. The minimum Gasteiger partial charge on any atom is -0.490 e. The number of amides is 1. The molecule has 152 valence electrons. The lowest BCUT2D eigenvalue weighted by Crippen LogP contribution is -2.24. The fourth-order valence-corrected chi connectivity index (χ4v) is 3.10. The van der Waals surface area contributed by atoms with Gasteiger partial charge in [-0.05, 0) is 49.6 Å². The highest BCUT2D eigenvalue weighted by molar-refractivity contribution is 5.94. The smallest absolute Gasteiger partial charge is 0.341 e. The lowest BCUT2D eigenvalue weighted by atomic mass is 10.1. The number of hydrogen-bond donors (Lipinski definition) is 3. The molecule has 3 aromatic rings. The summed E-state index contributed by atoms with van der Waals surface area (Å²) in [5.74, 6) is -0.649. The molecule has 0 saturated carbocycles. The molecule has 0 radical (unpaired) electrons. The number of aromatic amines is 1. The number of benzene rings is 2. The number of nitrogens with one attached hydrogen (secondary N) is 2. The second kappa shape index (κ2) is 9.64. The summed E-state index contributed by atoms with van der Waals surface area (Å²) in [6.07, 6.45) is 3.68. The van der Waals surface area contributed by atoms with E-state index in [1.807, 2.05) is 24.4 Å². The SMILES string of the molecule is CCOc1cc(C(=O)NCCCc2c[nH]c3ccccc23)ccc1OCC(=O)O. The van der Waals surface area contributed by atoms with E-state index in [-0.39, 0.29) is 5.91 Å². The molecule has 1 heterocycles. The number of fused-ring (bicyclic) bond motifs is 1. The van der Waals surface area contributed by atoms with E-state index in [1.165, 1.54) is 10.9 Å². The van der Waals surface area contributed by atoms with Crippen molar-refractivity contribution in [2.24, 2.45) is 0 Å². The Morgan fingerprint density at radius 3 is 2.72 bits per heavy atom. The number of carboxylic acids is 1. The molecule has 0 aliphatic rings. The molecule has 0 atom stereocenters. The molecular weight excluding hydrogens is 372 g/mol. The van der Waals surface area contributed by atoms with Gasteiger partial charge in [-0.15, -0.1) is 0 Å². The number of carbonyl (C=O) groups is 2. The van der Waals surface area contributed by atoms with Gasteiger partial charge < -0.3 is 24.9 Å². The van der Waals surface area contributed by atoms with Gasteiger partial charge in [-0.3, -0.25) is 4.79 Å².